The Morgan fingerprint density at radius 2 is 1.68 bits per heavy atom. The number of benzene rings is 2. The Morgan fingerprint density at radius 3 is 2.44 bits per heavy atom. The maximum absolute atomic E-state index is 14.7. The van der Waals surface area contributed by atoms with Crippen molar-refractivity contribution in [2.75, 3.05) is 37.7 Å². The Morgan fingerprint density at radius 1 is 0.941 bits per heavy atom. The van der Waals surface area contributed by atoms with Crippen molar-refractivity contribution < 1.29 is 18.4 Å². The van der Waals surface area contributed by atoms with Gasteiger partial charge in [0.05, 0.1) is 5.56 Å². The van der Waals surface area contributed by atoms with Crippen molar-refractivity contribution in [3.8, 4) is 0 Å². The van der Waals surface area contributed by atoms with E-state index >= 15 is 0 Å². The molecule has 0 N–H and O–H groups in total. The minimum absolute atomic E-state index is 0.0351. The highest BCUT2D eigenvalue weighted by atomic mass is 19.1. The molecular formula is C26H28F2N4O2. The first kappa shape index (κ1) is 22.5. The number of anilines is 1. The molecule has 2 fully saturated rings. The fourth-order valence-electron chi connectivity index (χ4n) is 5.15. The van der Waals surface area contributed by atoms with Crippen LogP contribution in [0.4, 0.5) is 14.5 Å². The van der Waals surface area contributed by atoms with E-state index in [-0.39, 0.29) is 29.1 Å². The molecule has 8 heteroatoms. The van der Waals surface area contributed by atoms with Crippen molar-refractivity contribution in [3.63, 3.8) is 0 Å². The van der Waals surface area contributed by atoms with Gasteiger partial charge in [-0.1, -0.05) is 18.9 Å². The smallest absolute Gasteiger partial charge is 0.256 e. The third-order valence-corrected chi connectivity index (χ3v) is 7.03. The van der Waals surface area contributed by atoms with Crippen LogP contribution < -0.4 is 4.90 Å². The van der Waals surface area contributed by atoms with Crippen molar-refractivity contribution in [2.24, 2.45) is 10.9 Å². The van der Waals surface area contributed by atoms with Crippen LogP contribution in [-0.4, -0.2) is 60.7 Å². The molecule has 1 saturated heterocycles. The number of rotatable bonds is 4. The lowest BCUT2D eigenvalue weighted by molar-refractivity contribution is -0.136. The van der Waals surface area contributed by atoms with Crippen LogP contribution in [-0.2, 0) is 11.3 Å². The molecule has 0 unspecified atom stereocenters. The van der Waals surface area contributed by atoms with Gasteiger partial charge in [-0.25, -0.2) is 8.78 Å². The van der Waals surface area contributed by atoms with E-state index in [0.717, 1.165) is 36.9 Å². The Kier molecular flexibility index (Phi) is 6.30. The van der Waals surface area contributed by atoms with Crippen molar-refractivity contribution in [2.45, 2.75) is 32.2 Å². The predicted octanol–water partition coefficient (Wildman–Crippen LogP) is 3.84. The van der Waals surface area contributed by atoms with Gasteiger partial charge < -0.3 is 14.7 Å². The van der Waals surface area contributed by atoms with Crippen LogP contribution in [0.1, 0.15) is 47.2 Å². The Balaban J connectivity index is 1.26. The first-order valence-corrected chi connectivity index (χ1v) is 11.9. The van der Waals surface area contributed by atoms with E-state index in [1.54, 1.807) is 29.3 Å². The SMILES string of the molecule is O=C(c1cc(CN2CN=Cc3cc(F)ccc32)ccc1F)N1CCN(C(=O)C2CCCC2)CC1. The van der Waals surface area contributed by atoms with E-state index < -0.39 is 5.82 Å². The highest BCUT2D eigenvalue weighted by Crippen LogP contribution is 2.28. The summed E-state index contributed by atoms with van der Waals surface area (Å²) in [6.07, 6.45) is 5.77. The quantitative estimate of drug-likeness (QED) is 0.688. The number of nitrogens with zero attached hydrogens (tertiary/aromatic N) is 4. The minimum Gasteiger partial charge on any atom is -0.347 e. The number of carbonyl (C=O) groups is 2. The summed E-state index contributed by atoms with van der Waals surface area (Å²) in [5, 5.41) is 0. The zero-order chi connectivity index (χ0) is 23.7. The standard InChI is InChI=1S/C26H28F2N4O2/c27-21-6-8-24-20(14-21)15-29-17-32(24)16-18-5-7-23(28)22(13-18)26(34)31-11-9-30(10-12-31)25(33)19-3-1-2-4-19/h5-8,13-15,19H,1-4,9-12,16-17H2. The molecule has 2 heterocycles. The molecule has 1 saturated carbocycles. The van der Waals surface area contributed by atoms with E-state index in [0.29, 0.717) is 45.0 Å². The second-order valence-corrected chi connectivity index (χ2v) is 9.27. The summed E-state index contributed by atoms with van der Waals surface area (Å²) in [7, 11) is 0. The normalized spacial score (nSPS) is 18.4. The van der Waals surface area contributed by atoms with Crippen molar-refractivity contribution in [3.05, 3.63) is 64.7 Å². The van der Waals surface area contributed by atoms with Gasteiger partial charge in [0.2, 0.25) is 5.91 Å². The van der Waals surface area contributed by atoms with Gasteiger partial charge >= 0.3 is 0 Å². The Bertz CT molecular complexity index is 1120. The molecule has 6 nitrogen and oxygen atoms in total. The first-order valence-electron chi connectivity index (χ1n) is 11.9. The molecule has 2 aliphatic heterocycles. The molecule has 0 radical (unpaired) electrons. The highest BCUT2D eigenvalue weighted by molar-refractivity contribution is 5.95. The van der Waals surface area contributed by atoms with Gasteiger partial charge in [0.1, 0.15) is 18.3 Å². The van der Waals surface area contributed by atoms with Crippen LogP contribution >= 0.6 is 0 Å². The van der Waals surface area contributed by atoms with Gasteiger partial charge in [-0.3, -0.25) is 14.6 Å². The monoisotopic (exact) mass is 466 g/mol. The summed E-state index contributed by atoms with van der Waals surface area (Å²) in [6.45, 7) is 2.60. The molecule has 0 bridgehead atoms. The van der Waals surface area contributed by atoms with Gasteiger partial charge in [-0.05, 0) is 48.7 Å². The largest absolute Gasteiger partial charge is 0.347 e. The van der Waals surface area contributed by atoms with E-state index in [1.807, 2.05) is 9.80 Å². The molecule has 5 rings (SSSR count). The molecule has 34 heavy (non-hydrogen) atoms. The Labute approximate surface area is 197 Å². The lowest BCUT2D eigenvalue weighted by Gasteiger charge is -2.36. The van der Waals surface area contributed by atoms with E-state index in [2.05, 4.69) is 4.99 Å². The number of halogens is 2. The topological polar surface area (TPSA) is 56.2 Å². The molecule has 1 aliphatic carbocycles. The fraction of sp³-hybridized carbons (Fsp3) is 0.423. The van der Waals surface area contributed by atoms with Crippen LogP contribution in [0.25, 0.3) is 0 Å². The molecule has 178 valence electrons. The van der Waals surface area contributed by atoms with Gasteiger partial charge in [0.15, 0.2) is 0 Å². The summed E-state index contributed by atoms with van der Waals surface area (Å²) in [5.41, 5.74) is 2.34. The fourth-order valence-corrected chi connectivity index (χ4v) is 5.15. The van der Waals surface area contributed by atoms with E-state index in [9.17, 15) is 18.4 Å². The van der Waals surface area contributed by atoms with Gasteiger partial charge in [0.25, 0.3) is 5.91 Å². The van der Waals surface area contributed by atoms with Gasteiger partial charge in [-0.15, -0.1) is 0 Å². The van der Waals surface area contributed by atoms with Crippen LogP contribution in [0.5, 0.6) is 0 Å². The maximum atomic E-state index is 14.7. The van der Waals surface area contributed by atoms with Crippen LogP contribution in [0.3, 0.4) is 0 Å². The average Bonchev–Trinajstić information content (AvgIpc) is 3.39. The first-order chi connectivity index (χ1) is 16.5. The number of piperazine rings is 1. The summed E-state index contributed by atoms with van der Waals surface area (Å²) in [4.78, 5) is 35.5. The molecule has 0 aromatic heterocycles. The molecule has 2 aromatic carbocycles. The highest BCUT2D eigenvalue weighted by Gasteiger charge is 2.31. The average molecular weight is 467 g/mol. The maximum Gasteiger partial charge on any atom is 0.256 e. The second-order valence-electron chi connectivity index (χ2n) is 9.27. The second kappa shape index (κ2) is 9.52. The lowest BCUT2D eigenvalue weighted by atomic mass is 10.1. The van der Waals surface area contributed by atoms with Crippen LogP contribution in [0, 0.1) is 17.6 Å². The van der Waals surface area contributed by atoms with Crippen LogP contribution in [0.15, 0.2) is 41.4 Å². The third-order valence-electron chi connectivity index (χ3n) is 7.03. The van der Waals surface area contributed by atoms with Crippen molar-refractivity contribution in [1.29, 1.82) is 0 Å². The van der Waals surface area contributed by atoms with E-state index in [4.69, 9.17) is 0 Å². The number of hydrogen-bond acceptors (Lipinski definition) is 4. The molecule has 2 aromatic rings. The summed E-state index contributed by atoms with van der Waals surface area (Å²) >= 11 is 0. The number of fused-ring (bicyclic) bond motifs is 1. The summed E-state index contributed by atoms with van der Waals surface area (Å²) in [5.74, 6) is -0.921. The molecule has 0 atom stereocenters. The molecule has 3 aliphatic rings. The third kappa shape index (κ3) is 4.54. The van der Waals surface area contributed by atoms with E-state index in [1.165, 1.54) is 18.2 Å². The Hall–Kier alpha value is -3.29. The predicted molar refractivity (Wildman–Crippen MR) is 126 cm³/mol. The van der Waals surface area contributed by atoms with Crippen molar-refractivity contribution in [1.82, 2.24) is 9.80 Å². The summed E-state index contributed by atoms with van der Waals surface area (Å²) in [6, 6.07) is 9.11. The number of amides is 2. The number of carbonyl (C=O) groups excluding carboxylic acids is 2. The minimum atomic E-state index is -0.558. The molecule has 0 spiro atoms. The van der Waals surface area contributed by atoms with Gasteiger partial charge in [-0.2, -0.15) is 0 Å². The van der Waals surface area contributed by atoms with Crippen LogP contribution in [0.2, 0.25) is 0 Å². The molecular weight excluding hydrogens is 438 g/mol. The zero-order valence-corrected chi connectivity index (χ0v) is 19.1. The lowest BCUT2D eigenvalue weighted by Crippen LogP contribution is -2.51. The van der Waals surface area contributed by atoms with Gasteiger partial charge in [0, 0.05) is 56.1 Å². The summed E-state index contributed by atoms with van der Waals surface area (Å²) < 4.78 is 28.2. The number of aliphatic imine (C=N–C) groups is 1. The van der Waals surface area contributed by atoms with Crippen molar-refractivity contribution >= 4 is 23.7 Å². The number of hydrogen-bond donors (Lipinski definition) is 0. The molecule has 2 amide bonds. The zero-order valence-electron chi connectivity index (χ0n) is 19.1.